The molecule has 0 rings (SSSR count). The second kappa shape index (κ2) is 16.0. The third-order valence-corrected chi connectivity index (χ3v) is 3.83. The van der Waals surface area contributed by atoms with Crippen molar-refractivity contribution < 1.29 is 9.53 Å². The minimum atomic E-state index is 0.134. The lowest BCUT2D eigenvalue weighted by molar-refractivity contribution is -0.121. The van der Waals surface area contributed by atoms with Gasteiger partial charge in [0.05, 0.1) is 0 Å². The highest BCUT2D eigenvalue weighted by Crippen LogP contribution is 2.17. The summed E-state index contributed by atoms with van der Waals surface area (Å²) in [6, 6.07) is 0. The molecule has 0 aliphatic rings. The van der Waals surface area contributed by atoms with Crippen LogP contribution < -0.4 is 10.6 Å². The maximum absolute atomic E-state index is 11.6. The Morgan fingerprint density at radius 1 is 1.17 bits per heavy atom. The van der Waals surface area contributed by atoms with Crippen LogP contribution in [0.2, 0.25) is 0 Å². The molecule has 1 amide bonds. The van der Waals surface area contributed by atoms with Crippen molar-refractivity contribution in [3.63, 3.8) is 0 Å². The van der Waals surface area contributed by atoms with E-state index in [-0.39, 0.29) is 5.91 Å². The molecule has 0 unspecified atom stereocenters. The van der Waals surface area contributed by atoms with Gasteiger partial charge in [-0.1, -0.05) is 32.4 Å². The van der Waals surface area contributed by atoms with E-state index in [1.807, 2.05) is 7.05 Å². The van der Waals surface area contributed by atoms with Crippen LogP contribution in [0.15, 0.2) is 12.2 Å². The molecule has 0 radical (unpaired) electrons. The fourth-order valence-electron chi connectivity index (χ4n) is 2.33. The molecule has 1 atom stereocenters. The lowest BCUT2D eigenvalue weighted by Crippen LogP contribution is -2.26. The highest BCUT2D eigenvalue weighted by Gasteiger charge is 2.09. The van der Waals surface area contributed by atoms with Gasteiger partial charge in [-0.2, -0.15) is 0 Å². The van der Waals surface area contributed by atoms with Gasteiger partial charge in [-0.15, -0.1) is 0 Å². The monoisotopic (exact) mass is 326 g/mol. The fourth-order valence-corrected chi connectivity index (χ4v) is 2.33. The molecule has 136 valence electrons. The molecule has 0 bridgehead atoms. The summed E-state index contributed by atoms with van der Waals surface area (Å²) in [7, 11) is 1.92. The first kappa shape index (κ1) is 22.1. The number of hydrogen-bond donors (Lipinski definition) is 2. The molecular formula is C19H38N2O2. The number of hydrogen-bond acceptors (Lipinski definition) is 3. The molecule has 2 N–H and O–H groups in total. The summed E-state index contributed by atoms with van der Waals surface area (Å²) >= 11 is 0. The van der Waals surface area contributed by atoms with Crippen LogP contribution in [0.1, 0.15) is 59.3 Å². The van der Waals surface area contributed by atoms with E-state index in [4.69, 9.17) is 4.74 Å². The van der Waals surface area contributed by atoms with Gasteiger partial charge < -0.3 is 15.4 Å². The maximum atomic E-state index is 11.6. The van der Waals surface area contributed by atoms with Crippen molar-refractivity contribution in [2.45, 2.75) is 59.3 Å². The van der Waals surface area contributed by atoms with Gasteiger partial charge in [-0.05, 0) is 58.0 Å². The van der Waals surface area contributed by atoms with Crippen molar-refractivity contribution >= 4 is 5.91 Å². The predicted octanol–water partition coefficient (Wildman–Crippen LogP) is 3.53. The average molecular weight is 327 g/mol. The first-order chi connectivity index (χ1) is 11.1. The summed E-state index contributed by atoms with van der Waals surface area (Å²) < 4.78 is 5.79. The Hall–Kier alpha value is -0.870. The number of carbonyl (C=O) groups excluding carboxylic acids is 1. The van der Waals surface area contributed by atoms with E-state index >= 15 is 0 Å². The first-order valence-corrected chi connectivity index (χ1v) is 9.20. The SMILES string of the molecule is C/C=C\C[C@H](CCC(C)C)COCCCC(=O)NCCCNC. The van der Waals surface area contributed by atoms with Crippen LogP contribution in [0.5, 0.6) is 0 Å². The van der Waals surface area contributed by atoms with E-state index < -0.39 is 0 Å². The summed E-state index contributed by atoms with van der Waals surface area (Å²) in [4.78, 5) is 11.6. The third kappa shape index (κ3) is 15.8. The molecular weight excluding hydrogens is 288 g/mol. The molecule has 0 aliphatic carbocycles. The second-order valence-electron chi connectivity index (χ2n) is 6.63. The fraction of sp³-hybridized carbons (Fsp3) is 0.842. The van der Waals surface area contributed by atoms with Gasteiger partial charge in [0.1, 0.15) is 0 Å². The molecule has 0 aliphatic heterocycles. The quantitative estimate of drug-likeness (QED) is 0.357. The number of allylic oxidation sites excluding steroid dienone is 2. The number of rotatable bonds is 15. The Labute approximate surface area is 143 Å². The second-order valence-corrected chi connectivity index (χ2v) is 6.63. The number of amides is 1. The molecule has 0 aromatic carbocycles. The van der Waals surface area contributed by atoms with Crippen molar-refractivity contribution in [2.75, 3.05) is 33.4 Å². The largest absolute Gasteiger partial charge is 0.381 e. The van der Waals surface area contributed by atoms with Gasteiger partial charge in [-0.3, -0.25) is 4.79 Å². The van der Waals surface area contributed by atoms with Crippen LogP contribution in [0.25, 0.3) is 0 Å². The van der Waals surface area contributed by atoms with Crippen molar-refractivity contribution in [1.82, 2.24) is 10.6 Å². The predicted molar refractivity (Wildman–Crippen MR) is 98.6 cm³/mol. The van der Waals surface area contributed by atoms with Crippen molar-refractivity contribution in [3.8, 4) is 0 Å². The molecule has 23 heavy (non-hydrogen) atoms. The van der Waals surface area contributed by atoms with E-state index in [2.05, 4.69) is 43.6 Å². The molecule has 4 nitrogen and oxygen atoms in total. The van der Waals surface area contributed by atoms with Gasteiger partial charge >= 0.3 is 0 Å². The molecule has 0 aromatic rings. The van der Waals surface area contributed by atoms with E-state index in [0.29, 0.717) is 18.9 Å². The summed E-state index contributed by atoms with van der Waals surface area (Å²) in [6.07, 6.45) is 10.2. The summed E-state index contributed by atoms with van der Waals surface area (Å²) in [6.45, 7) is 9.77. The third-order valence-electron chi connectivity index (χ3n) is 3.83. The zero-order valence-corrected chi connectivity index (χ0v) is 15.7. The Bertz CT molecular complexity index is 304. The van der Waals surface area contributed by atoms with E-state index in [1.54, 1.807) is 0 Å². The highest BCUT2D eigenvalue weighted by molar-refractivity contribution is 5.75. The van der Waals surface area contributed by atoms with E-state index in [9.17, 15) is 4.79 Å². The van der Waals surface area contributed by atoms with Gasteiger partial charge in [0, 0.05) is 26.2 Å². The van der Waals surface area contributed by atoms with Crippen molar-refractivity contribution in [1.29, 1.82) is 0 Å². The number of nitrogens with one attached hydrogen (secondary N) is 2. The molecule has 0 fully saturated rings. The summed E-state index contributed by atoms with van der Waals surface area (Å²) in [5.74, 6) is 1.48. The first-order valence-electron chi connectivity index (χ1n) is 9.20. The normalized spacial score (nSPS) is 12.9. The standard InChI is InChI=1S/C19H38N2O2/c1-5-6-9-18(12-11-17(2)3)16-23-15-7-10-19(22)21-14-8-13-20-4/h5-6,17-18,20H,7-16H2,1-4H3,(H,21,22)/b6-5-/t18-/m1/s1. The Kier molecular flexibility index (Phi) is 15.4. The van der Waals surface area contributed by atoms with Gasteiger partial charge in [0.25, 0.3) is 0 Å². The highest BCUT2D eigenvalue weighted by atomic mass is 16.5. The van der Waals surface area contributed by atoms with Crippen molar-refractivity contribution in [2.24, 2.45) is 11.8 Å². The molecule has 4 heteroatoms. The molecule has 0 saturated heterocycles. The van der Waals surface area contributed by atoms with E-state index in [0.717, 1.165) is 44.9 Å². The van der Waals surface area contributed by atoms with Crippen LogP contribution in [0.3, 0.4) is 0 Å². The smallest absolute Gasteiger partial charge is 0.220 e. The van der Waals surface area contributed by atoms with E-state index in [1.165, 1.54) is 12.8 Å². The lowest BCUT2D eigenvalue weighted by atomic mass is 9.95. The van der Waals surface area contributed by atoms with Gasteiger partial charge in [0.2, 0.25) is 5.91 Å². The Morgan fingerprint density at radius 3 is 2.61 bits per heavy atom. The zero-order valence-electron chi connectivity index (χ0n) is 15.7. The zero-order chi connectivity index (χ0) is 17.3. The molecule has 0 spiro atoms. The van der Waals surface area contributed by atoms with Gasteiger partial charge in [-0.25, -0.2) is 0 Å². The van der Waals surface area contributed by atoms with Gasteiger partial charge in [0.15, 0.2) is 0 Å². The molecule has 0 saturated carbocycles. The summed E-state index contributed by atoms with van der Waals surface area (Å²) in [5, 5.41) is 6.00. The van der Waals surface area contributed by atoms with Crippen LogP contribution in [-0.4, -0.2) is 39.3 Å². The van der Waals surface area contributed by atoms with Crippen LogP contribution in [0.4, 0.5) is 0 Å². The minimum absolute atomic E-state index is 0.134. The van der Waals surface area contributed by atoms with Crippen LogP contribution in [-0.2, 0) is 9.53 Å². The molecule has 0 heterocycles. The maximum Gasteiger partial charge on any atom is 0.220 e. The van der Waals surface area contributed by atoms with Crippen molar-refractivity contribution in [3.05, 3.63) is 12.2 Å². The number of ether oxygens (including phenoxy) is 1. The average Bonchev–Trinajstić information content (AvgIpc) is 2.53. The lowest BCUT2D eigenvalue weighted by Gasteiger charge is -2.16. The number of carbonyl (C=O) groups is 1. The van der Waals surface area contributed by atoms with Crippen LogP contribution in [0, 0.1) is 11.8 Å². The summed E-state index contributed by atoms with van der Waals surface area (Å²) in [5.41, 5.74) is 0. The Morgan fingerprint density at radius 2 is 1.96 bits per heavy atom. The minimum Gasteiger partial charge on any atom is -0.381 e. The molecule has 0 aromatic heterocycles. The topological polar surface area (TPSA) is 50.4 Å². The Balaban J connectivity index is 3.69. The van der Waals surface area contributed by atoms with Crippen LogP contribution >= 0.6 is 0 Å².